The van der Waals surface area contributed by atoms with Gasteiger partial charge in [-0.2, -0.15) is 0 Å². The Bertz CT molecular complexity index is 201. The summed E-state index contributed by atoms with van der Waals surface area (Å²) >= 11 is 5.59. The minimum atomic E-state index is -3.07. The maximum atomic E-state index is 11.1. The highest BCUT2D eigenvalue weighted by molar-refractivity contribution is 7.89. The van der Waals surface area contributed by atoms with E-state index in [2.05, 4.69) is 4.72 Å². The Kier molecular flexibility index (Phi) is 5.88. The molecule has 0 bridgehead atoms. The summed E-state index contributed by atoms with van der Waals surface area (Å²) in [6.07, 6.45) is 1.59. The predicted molar refractivity (Wildman–Crippen MR) is 52.0 cm³/mol. The van der Waals surface area contributed by atoms with Crippen molar-refractivity contribution in [3.8, 4) is 0 Å². The Morgan fingerprint density at radius 3 is 2.50 bits per heavy atom. The molecular formula is C7H16ClNO2S. The van der Waals surface area contributed by atoms with Gasteiger partial charge >= 0.3 is 0 Å². The molecule has 0 heterocycles. The van der Waals surface area contributed by atoms with E-state index in [1.54, 1.807) is 6.92 Å². The molecule has 0 spiro atoms. The predicted octanol–water partition coefficient (Wildman–Crippen LogP) is 1.33. The molecule has 0 aliphatic rings. The summed E-state index contributed by atoms with van der Waals surface area (Å²) in [4.78, 5) is 0. The van der Waals surface area contributed by atoms with Crippen molar-refractivity contribution in [2.24, 2.45) is 0 Å². The lowest BCUT2D eigenvalue weighted by molar-refractivity contribution is 0.578. The van der Waals surface area contributed by atoms with E-state index in [1.165, 1.54) is 0 Å². The van der Waals surface area contributed by atoms with Gasteiger partial charge in [-0.15, -0.1) is 11.6 Å². The van der Waals surface area contributed by atoms with Crippen LogP contribution in [0.5, 0.6) is 0 Å². The van der Waals surface area contributed by atoms with Crippen molar-refractivity contribution >= 4 is 21.6 Å². The monoisotopic (exact) mass is 213 g/mol. The van der Waals surface area contributed by atoms with Crippen LogP contribution in [0.4, 0.5) is 0 Å². The fourth-order valence-electron chi connectivity index (χ4n) is 0.648. The molecule has 0 aliphatic heterocycles. The molecule has 0 radical (unpaired) electrons. The molecule has 3 nitrogen and oxygen atoms in total. The van der Waals surface area contributed by atoms with Crippen molar-refractivity contribution < 1.29 is 8.42 Å². The Balaban J connectivity index is 3.73. The second-order valence-electron chi connectivity index (χ2n) is 2.80. The molecule has 0 aliphatic carbocycles. The SMILES string of the molecule is CCCCS(=O)(=O)NCC(C)Cl. The fraction of sp³-hybridized carbons (Fsp3) is 1.00. The normalized spacial score (nSPS) is 14.6. The van der Waals surface area contributed by atoms with Gasteiger partial charge in [0.2, 0.25) is 10.0 Å². The lowest BCUT2D eigenvalue weighted by Crippen LogP contribution is -2.30. The van der Waals surface area contributed by atoms with E-state index >= 15 is 0 Å². The number of hydrogen-bond donors (Lipinski definition) is 1. The number of nitrogens with one attached hydrogen (secondary N) is 1. The molecule has 1 N–H and O–H groups in total. The van der Waals surface area contributed by atoms with Crippen molar-refractivity contribution in [1.29, 1.82) is 0 Å². The summed E-state index contributed by atoms with van der Waals surface area (Å²) in [6, 6.07) is 0. The highest BCUT2D eigenvalue weighted by atomic mass is 35.5. The van der Waals surface area contributed by atoms with Gasteiger partial charge in [0, 0.05) is 11.9 Å². The van der Waals surface area contributed by atoms with E-state index in [4.69, 9.17) is 11.6 Å². The molecule has 5 heteroatoms. The van der Waals surface area contributed by atoms with Gasteiger partial charge in [0.05, 0.1) is 5.75 Å². The van der Waals surface area contributed by atoms with E-state index in [9.17, 15) is 8.42 Å². The number of unbranched alkanes of at least 4 members (excludes halogenated alkanes) is 1. The molecule has 74 valence electrons. The molecule has 0 fully saturated rings. The third kappa shape index (κ3) is 6.88. The fourth-order valence-corrected chi connectivity index (χ4v) is 2.13. The summed E-state index contributed by atoms with van der Waals surface area (Å²) in [5, 5.41) is -0.151. The largest absolute Gasteiger partial charge is 0.214 e. The first-order valence-electron chi connectivity index (χ1n) is 4.09. The molecule has 0 saturated carbocycles. The molecule has 0 saturated heterocycles. The minimum absolute atomic E-state index is 0.151. The first kappa shape index (κ1) is 12.2. The van der Waals surface area contributed by atoms with Crippen molar-refractivity contribution in [1.82, 2.24) is 4.72 Å². The van der Waals surface area contributed by atoms with Crippen LogP contribution in [0.3, 0.4) is 0 Å². The standard InChI is InChI=1S/C7H16ClNO2S/c1-3-4-5-12(10,11)9-6-7(2)8/h7,9H,3-6H2,1-2H3. The van der Waals surface area contributed by atoms with E-state index in [1.807, 2.05) is 6.92 Å². The number of sulfonamides is 1. The van der Waals surface area contributed by atoms with Crippen LogP contribution in [0.1, 0.15) is 26.7 Å². The third-order valence-electron chi connectivity index (χ3n) is 1.35. The summed E-state index contributed by atoms with van der Waals surface area (Å²) in [5.41, 5.74) is 0. The Labute approximate surface area is 79.5 Å². The smallest absolute Gasteiger partial charge is 0.211 e. The van der Waals surface area contributed by atoms with Gasteiger partial charge < -0.3 is 0 Å². The molecule has 0 rings (SSSR count). The molecule has 0 aromatic heterocycles. The average molecular weight is 214 g/mol. The first-order chi connectivity index (χ1) is 5.48. The van der Waals surface area contributed by atoms with Crippen LogP contribution in [0.2, 0.25) is 0 Å². The Morgan fingerprint density at radius 1 is 1.50 bits per heavy atom. The molecular weight excluding hydrogens is 198 g/mol. The zero-order valence-electron chi connectivity index (χ0n) is 7.51. The zero-order chi connectivity index (χ0) is 9.61. The number of hydrogen-bond acceptors (Lipinski definition) is 2. The Hall–Kier alpha value is 0.200. The van der Waals surface area contributed by atoms with Gasteiger partial charge in [-0.1, -0.05) is 13.3 Å². The van der Waals surface area contributed by atoms with Crippen molar-refractivity contribution in [3.63, 3.8) is 0 Å². The topological polar surface area (TPSA) is 46.2 Å². The average Bonchev–Trinajstić information content (AvgIpc) is 1.98. The maximum Gasteiger partial charge on any atom is 0.211 e. The lowest BCUT2D eigenvalue weighted by atomic mass is 10.4. The second-order valence-corrected chi connectivity index (χ2v) is 5.47. The number of rotatable bonds is 6. The molecule has 0 aromatic rings. The zero-order valence-corrected chi connectivity index (χ0v) is 9.08. The van der Waals surface area contributed by atoms with E-state index in [-0.39, 0.29) is 11.1 Å². The summed E-state index contributed by atoms with van der Waals surface area (Å²) < 4.78 is 24.7. The first-order valence-corrected chi connectivity index (χ1v) is 6.18. The van der Waals surface area contributed by atoms with Crippen LogP contribution in [0.25, 0.3) is 0 Å². The van der Waals surface area contributed by atoms with Gasteiger partial charge in [-0.25, -0.2) is 13.1 Å². The Morgan fingerprint density at radius 2 is 2.08 bits per heavy atom. The van der Waals surface area contributed by atoms with Crippen LogP contribution < -0.4 is 4.72 Å². The van der Waals surface area contributed by atoms with Crippen LogP contribution in [0, 0.1) is 0 Å². The van der Waals surface area contributed by atoms with Crippen LogP contribution in [0.15, 0.2) is 0 Å². The maximum absolute atomic E-state index is 11.1. The van der Waals surface area contributed by atoms with Gasteiger partial charge in [0.25, 0.3) is 0 Å². The molecule has 1 unspecified atom stereocenters. The second kappa shape index (κ2) is 5.78. The van der Waals surface area contributed by atoms with Crippen molar-refractivity contribution in [2.75, 3.05) is 12.3 Å². The summed E-state index contributed by atoms with van der Waals surface area (Å²) in [5.74, 6) is 0.201. The van der Waals surface area contributed by atoms with E-state index in [0.29, 0.717) is 13.0 Å². The minimum Gasteiger partial charge on any atom is -0.214 e. The highest BCUT2D eigenvalue weighted by Gasteiger charge is 2.09. The van der Waals surface area contributed by atoms with Gasteiger partial charge in [0.15, 0.2) is 0 Å². The van der Waals surface area contributed by atoms with E-state index in [0.717, 1.165) is 6.42 Å². The van der Waals surface area contributed by atoms with Crippen LogP contribution in [-0.2, 0) is 10.0 Å². The molecule has 12 heavy (non-hydrogen) atoms. The van der Waals surface area contributed by atoms with Crippen LogP contribution in [-0.4, -0.2) is 26.1 Å². The van der Waals surface area contributed by atoms with Crippen LogP contribution >= 0.6 is 11.6 Å². The lowest BCUT2D eigenvalue weighted by Gasteiger charge is -2.06. The van der Waals surface area contributed by atoms with Crippen molar-refractivity contribution in [2.45, 2.75) is 32.1 Å². The molecule has 1 atom stereocenters. The molecule has 0 amide bonds. The number of alkyl halides is 1. The third-order valence-corrected chi connectivity index (χ3v) is 2.94. The molecule has 0 aromatic carbocycles. The van der Waals surface area contributed by atoms with Gasteiger partial charge in [0.1, 0.15) is 0 Å². The van der Waals surface area contributed by atoms with Gasteiger partial charge in [-0.3, -0.25) is 0 Å². The quantitative estimate of drug-likeness (QED) is 0.677. The summed E-state index contributed by atoms with van der Waals surface area (Å²) in [7, 11) is -3.07. The van der Waals surface area contributed by atoms with Gasteiger partial charge in [-0.05, 0) is 13.3 Å². The summed E-state index contributed by atoms with van der Waals surface area (Å²) in [6.45, 7) is 4.02. The highest BCUT2D eigenvalue weighted by Crippen LogP contribution is 1.96. The number of halogens is 1. The van der Waals surface area contributed by atoms with Crippen molar-refractivity contribution in [3.05, 3.63) is 0 Å². The van der Waals surface area contributed by atoms with E-state index < -0.39 is 10.0 Å².